The van der Waals surface area contributed by atoms with E-state index in [4.69, 9.17) is 9.47 Å². The standard InChI is InChI=1S/C27H40O4/c1-5-25(3)16-22(29)26(4)13-9-14-27(15-12-21(28)23(26)27)19(2)24(25)31-18-30-17-20-10-7-6-8-11-20/h6-8,10-11,19,22-24,29H,5,9,12-18H2,1-4H3/t19-,22-,23?,24+,25-,26+,27+/m1/s1. The monoisotopic (exact) mass is 428 g/mol. The van der Waals surface area contributed by atoms with Crippen molar-refractivity contribution in [2.45, 2.75) is 91.5 Å². The lowest BCUT2D eigenvalue weighted by atomic mass is 9.46. The van der Waals surface area contributed by atoms with Crippen molar-refractivity contribution in [3.63, 3.8) is 0 Å². The molecule has 1 N–H and O–H groups in total. The molecule has 3 aliphatic rings. The fourth-order valence-corrected chi connectivity index (χ4v) is 7.52. The minimum atomic E-state index is -0.479. The highest BCUT2D eigenvalue weighted by Crippen LogP contribution is 2.66. The summed E-state index contributed by atoms with van der Waals surface area (Å²) in [5, 5.41) is 11.5. The molecule has 0 heterocycles. The van der Waals surface area contributed by atoms with Gasteiger partial charge in [-0.3, -0.25) is 4.79 Å². The van der Waals surface area contributed by atoms with Gasteiger partial charge in [-0.25, -0.2) is 0 Å². The van der Waals surface area contributed by atoms with E-state index in [1.54, 1.807) is 0 Å². The average molecular weight is 429 g/mol. The molecule has 0 amide bonds. The van der Waals surface area contributed by atoms with Crippen molar-refractivity contribution in [3.8, 4) is 0 Å². The smallest absolute Gasteiger partial charge is 0.147 e. The SMILES string of the molecule is CC[C@]1(C)C[C@@H](O)[C@]2(C)CCC[C@]3(CCC(=O)C32)[C@H](C)[C@@H]1OCOCc1ccccc1. The van der Waals surface area contributed by atoms with Gasteiger partial charge in [-0.1, -0.05) is 64.4 Å². The van der Waals surface area contributed by atoms with Crippen LogP contribution in [0.4, 0.5) is 0 Å². The zero-order chi connectivity index (χ0) is 22.3. The second kappa shape index (κ2) is 8.61. The molecule has 0 spiro atoms. The van der Waals surface area contributed by atoms with Gasteiger partial charge < -0.3 is 14.6 Å². The molecule has 3 aliphatic carbocycles. The minimum Gasteiger partial charge on any atom is -0.393 e. The maximum absolute atomic E-state index is 13.2. The molecule has 1 aromatic carbocycles. The lowest BCUT2D eigenvalue weighted by molar-refractivity contribution is -0.217. The van der Waals surface area contributed by atoms with Gasteiger partial charge >= 0.3 is 0 Å². The van der Waals surface area contributed by atoms with Crippen LogP contribution in [0.1, 0.15) is 78.2 Å². The maximum atomic E-state index is 13.2. The number of aliphatic hydroxyl groups excluding tert-OH is 1. The number of ketones is 1. The van der Waals surface area contributed by atoms with Gasteiger partial charge in [-0.15, -0.1) is 0 Å². The van der Waals surface area contributed by atoms with Gasteiger partial charge in [0.05, 0.1) is 18.8 Å². The van der Waals surface area contributed by atoms with Crippen LogP contribution in [0.25, 0.3) is 0 Å². The number of benzene rings is 1. The van der Waals surface area contributed by atoms with Crippen molar-refractivity contribution >= 4 is 5.78 Å². The number of hydrogen-bond donors (Lipinski definition) is 1. The predicted molar refractivity (Wildman–Crippen MR) is 121 cm³/mol. The van der Waals surface area contributed by atoms with E-state index in [1.165, 1.54) is 0 Å². The first-order chi connectivity index (χ1) is 14.8. The Bertz CT molecular complexity index is 779. The van der Waals surface area contributed by atoms with E-state index in [0.29, 0.717) is 25.2 Å². The number of rotatable bonds is 6. The number of carbonyl (C=O) groups excluding carboxylic acids is 1. The summed E-state index contributed by atoms with van der Waals surface area (Å²) in [4.78, 5) is 13.2. The fraction of sp³-hybridized carbons (Fsp3) is 0.741. The molecule has 7 atom stereocenters. The van der Waals surface area contributed by atoms with Crippen molar-refractivity contribution in [1.82, 2.24) is 0 Å². The van der Waals surface area contributed by atoms with Crippen LogP contribution in [0.15, 0.2) is 30.3 Å². The third-order valence-corrected chi connectivity index (χ3v) is 9.47. The van der Waals surface area contributed by atoms with E-state index < -0.39 is 6.10 Å². The molecule has 31 heavy (non-hydrogen) atoms. The minimum absolute atomic E-state index is 0.0426. The lowest BCUT2D eigenvalue weighted by Gasteiger charge is -2.60. The summed E-state index contributed by atoms with van der Waals surface area (Å²) in [6, 6.07) is 10.2. The maximum Gasteiger partial charge on any atom is 0.147 e. The summed E-state index contributed by atoms with van der Waals surface area (Å²) < 4.78 is 12.4. The Hall–Kier alpha value is -1.23. The lowest BCUT2D eigenvalue weighted by Crippen LogP contribution is -2.60. The highest BCUT2D eigenvalue weighted by molar-refractivity contribution is 5.85. The molecule has 2 bridgehead atoms. The quantitative estimate of drug-likeness (QED) is 0.479. The zero-order valence-corrected chi connectivity index (χ0v) is 19.7. The number of hydrogen-bond acceptors (Lipinski definition) is 4. The molecule has 0 aliphatic heterocycles. The van der Waals surface area contributed by atoms with Gasteiger partial charge in [-0.05, 0) is 54.4 Å². The first-order valence-electron chi connectivity index (χ1n) is 12.2. The molecule has 4 rings (SSSR count). The van der Waals surface area contributed by atoms with E-state index in [9.17, 15) is 9.90 Å². The van der Waals surface area contributed by atoms with Crippen molar-refractivity contribution in [2.75, 3.05) is 6.79 Å². The van der Waals surface area contributed by atoms with Crippen LogP contribution in [-0.2, 0) is 20.9 Å². The van der Waals surface area contributed by atoms with E-state index in [2.05, 4.69) is 39.8 Å². The van der Waals surface area contributed by atoms with Gasteiger partial charge in [0.1, 0.15) is 12.6 Å². The summed E-state index contributed by atoms with van der Waals surface area (Å²) in [6.45, 7) is 9.73. The summed E-state index contributed by atoms with van der Waals surface area (Å²) >= 11 is 0. The van der Waals surface area contributed by atoms with Gasteiger partial charge in [0.25, 0.3) is 0 Å². The predicted octanol–water partition coefficient (Wildman–Crippen LogP) is 5.52. The molecule has 3 saturated carbocycles. The summed E-state index contributed by atoms with van der Waals surface area (Å²) in [7, 11) is 0. The third kappa shape index (κ3) is 3.79. The van der Waals surface area contributed by atoms with Crippen molar-refractivity contribution in [1.29, 1.82) is 0 Å². The number of carbonyl (C=O) groups is 1. The first kappa shape index (κ1) is 22.9. The second-order valence-corrected chi connectivity index (χ2v) is 11.0. The molecule has 4 nitrogen and oxygen atoms in total. The largest absolute Gasteiger partial charge is 0.393 e. The molecule has 4 heteroatoms. The Morgan fingerprint density at radius 2 is 1.87 bits per heavy atom. The Labute approximate surface area is 187 Å². The van der Waals surface area contributed by atoms with Gasteiger partial charge in [0.15, 0.2) is 0 Å². The molecule has 0 aromatic heterocycles. The Balaban J connectivity index is 1.60. The third-order valence-electron chi connectivity index (χ3n) is 9.47. The Morgan fingerprint density at radius 3 is 2.58 bits per heavy atom. The normalized spacial score (nSPS) is 42.7. The molecule has 0 radical (unpaired) electrons. The van der Waals surface area contributed by atoms with Crippen molar-refractivity contribution < 1.29 is 19.4 Å². The average Bonchev–Trinajstić information content (AvgIpc) is 3.12. The second-order valence-electron chi connectivity index (χ2n) is 11.0. The van der Waals surface area contributed by atoms with E-state index in [1.807, 2.05) is 18.2 Å². The van der Waals surface area contributed by atoms with Gasteiger partial charge in [0, 0.05) is 17.8 Å². The van der Waals surface area contributed by atoms with Crippen LogP contribution in [0.5, 0.6) is 0 Å². The number of aliphatic hydroxyl groups is 1. The van der Waals surface area contributed by atoms with E-state index in [0.717, 1.165) is 37.7 Å². The highest BCUT2D eigenvalue weighted by Gasteiger charge is 2.65. The molecule has 1 aromatic rings. The van der Waals surface area contributed by atoms with E-state index >= 15 is 0 Å². The molecule has 172 valence electrons. The van der Waals surface area contributed by atoms with Crippen LogP contribution >= 0.6 is 0 Å². The van der Waals surface area contributed by atoms with Crippen LogP contribution < -0.4 is 0 Å². The summed E-state index contributed by atoms with van der Waals surface area (Å²) in [5.41, 5.74) is 0.600. The van der Waals surface area contributed by atoms with Gasteiger partial charge in [-0.2, -0.15) is 0 Å². The highest BCUT2D eigenvalue weighted by atomic mass is 16.7. The summed E-state index contributed by atoms with van der Waals surface area (Å²) in [6.07, 6.45) is 5.77. The van der Waals surface area contributed by atoms with Crippen molar-refractivity contribution in [3.05, 3.63) is 35.9 Å². The molecule has 3 fully saturated rings. The Kier molecular flexibility index (Phi) is 6.37. The molecular formula is C27H40O4. The number of Topliss-reactive ketones (excluding diaryl/α,β-unsaturated/α-hetero) is 1. The van der Waals surface area contributed by atoms with Crippen LogP contribution in [0.2, 0.25) is 0 Å². The van der Waals surface area contributed by atoms with Gasteiger partial charge in [0.2, 0.25) is 0 Å². The first-order valence-corrected chi connectivity index (χ1v) is 12.2. The fourth-order valence-electron chi connectivity index (χ4n) is 7.52. The Morgan fingerprint density at radius 1 is 1.13 bits per heavy atom. The number of ether oxygens (including phenoxy) is 2. The van der Waals surface area contributed by atoms with Crippen LogP contribution in [0.3, 0.4) is 0 Å². The van der Waals surface area contributed by atoms with Crippen molar-refractivity contribution in [2.24, 2.45) is 28.1 Å². The molecular weight excluding hydrogens is 388 g/mol. The van der Waals surface area contributed by atoms with Crippen LogP contribution in [0, 0.1) is 28.1 Å². The topological polar surface area (TPSA) is 55.8 Å². The molecule has 0 saturated heterocycles. The van der Waals surface area contributed by atoms with Crippen LogP contribution in [-0.4, -0.2) is 29.9 Å². The molecule has 1 unspecified atom stereocenters. The summed E-state index contributed by atoms with van der Waals surface area (Å²) in [5.74, 6) is 0.574. The zero-order valence-electron chi connectivity index (χ0n) is 19.7. The van der Waals surface area contributed by atoms with E-state index in [-0.39, 0.29) is 41.0 Å².